The number of carbonyl (C=O) groups is 2. The summed E-state index contributed by atoms with van der Waals surface area (Å²) >= 11 is 0. The Labute approximate surface area is 174 Å². The van der Waals surface area contributed by atoms with Gasteiger partial charge < -0.3 is 5.32 Å². The van der Waals surface area contributed by atoms with Gasteiger partial charge in [-0.1, -0.05) is 83.3 Å². The summed E-state index contributed by atoms with van der Waals surface area (Å²) in [4.78, 5) is 23.4. The topological polar surface area (TPSA) is 70.6 Å². The Kier molecular flexibility index (Phi) is 14.3. The number of hydrogen-bond donors (Lipinski definition) is 2. The van der Waals surface area contributed by atoms with Gasteiger partial charge in [0.2, 0.25) is 5.91 Å². The number of halogens is 1. The number of hydrazone groups is 1. The molecular formula is C23H36FN3O2. The van der Waals surface area contributed by atoms with E-state index in [4.69, 9.17) is 0 Å². The van der Waals surface area contributed by atoms with Gasteiger partial charge in [0.05, 0.1) is 12.8 Å². The van der Waals surface area contributed by atoms with Gasteiger partial charge in [0.15, 0.2) is 0 Å². The average Bonchev–Trinajstić information content (AvgIpc) is 2.72. The molecule has 0 fully saturated rings. The first kappa shape index (κ1) is 24.8. The van der Waals surface area contributed by atoms with Gasteiger partial charge in [-0.15, -0.1) is 0 Å². The number of nitrogens with zero attached hydrogens (tertiary/aromatic N) is 1. The zero-order chi connectivity index (χ0) is 21.2. The van der Waals surface area contributed by atoms with Crippen LogP contribution in [0.2, 0.25) is 0 Å². The van der Waals surface area contributed by atoms with Crippen LogP contribution in [-0.2, 0) is 9.59 Å². The first-order valence-corrected chi connectivity index (χ1v) is 11.0. The van der Waals surface area contributed by atoms with Crippen molar-refractivity contribution in [3.8, 4) is 0 Å². The zero-order valence-electron chi connectivity index (χ0n) is 17.7. The molecule has 0 aromatic heterocycles. The van der Waals surface area contributed by atoms with Gasteiger partial charge in [-0.05, 0) is 24.1 Å². The molecule has 0 radical (unpaired) electrons. The van der Waals surface area contributed by atoms with Crippen LogP contribution in [0.3, 0.4) is 0 Å². The minimum absolute atomic E-state index is 0.0996. The minimum atomic E-state index is -0.393. The minimum Gasteiger partial charge on any atom is -0.347 e. The van der Waals surface area contributed by atoms with E-state index in [1.807, 2.05) is 0 Å². The average molecular weight is 406 g/mol. The summed E-state index contributed by atoms with van der Waals surface area (Å²) in [6, 6.07) is 5.75. The smallest absolute Gasteiger partial charge is 0.259 e. The first-order chi connectivity index (χ1) is 14.1. The maximum Gasteiger partial charge on any atom is 0.259 e. The van der Waals surface area contributed by atoms with E-state index in [0.29, 0.717) is 12.0 Å². The molecule has 0 spiro atoms. The lowest BCUT2D eigenvalue weighted by Gasteiger charge is -2.05. The Morgan fingerprint density at radius 2 is 1.41 bits per heavy atom. The third-order valence-corrected chi connectivity index (χ3v) is 4.73. The molecule has 1 aromatic rings. The normalized spacial score (nSPS) is 11.0. The van der Waals surface area contributed by atoms with E-state index >= 15 is 0 Å². The predicted octanol–water partition coefficient (Wildman–Crippen LogP) is 5.09. The van der Waals surface area contributed by atoms with Crippen LogP contribution in [0.1, 0.15) is 89.5 Å². The summed E-state index contributed by atoms with van der Waals surface area (Å²) in [6.07, 6.45) is 15.5. The molecule has 1 aromatic carbocycles. The second-order valence-corrected chi connectivity index (χ2v) is 7.41. The van der Waals surface area contributed by atoms with Gasteiger partial charge in [-0.25, -0.2) is 9.82 Å². The largest absolute Gasteiger partial charge is 0.347 e. The van der Waals surface area contributed by atoms with Gasteiger partial charge in [-0.3, -0.25) is 9.59 Å². The predicted molar refractivity (Wildman–Crippen MR) is 116 cm³/mol. The van der Waals surface area contributed by atoms with Crippen molar-refractivity contribution in [2.75, 3.05) is 6.54 Å². The van der Waals surface area contributed by atoms with E-state index < -0.39 is 5.91 Å². The van der Waals surface area contributed by atoms with Crippen molar-refractivity contribution < 1.29 is 14.0 Å². The molecule has 0 aliphatic carbocycles. The number of rotatable bonds is 16. The quantitative estimate of drug-likeness (QED) is 0.228. The van der Waals surface area contributed by atoms with E-state index in [1.165, 1.54) is 76.1 Å². The Bertz CT molecular complexity index is 603. The molecule has 0 heterocycles. The fraction of sp³-hybridized carbons (Fsp3) is 0.609. The molecule has 0 atom stereocenters. The van der Waals surface area contributed by atoms with Crippen molar-refractivity contribution in [3.63, 3.8) is 0 Å². The summed E-state index contributed by atoms with van der Waals surface area (Å²) in [7, 11) is 0. The van der Waals surface area contributed by atoms with E-state index in [9.17, 15) is 14.0 Å². The number of nitrogens with one attached hydrogen (secondary N) is 2. The summed E-state index contributed by atoms with van der Waals surface area (Å²) in [5.74, 6) is -0.832. The number of unbranched alkanes of at least 4 members (excludes halogenated alkanes) is 10. The molecule has 5 nitrogen and oxygen atoms in total. The SMILES string of the molecule is CCCCCCCCCCCCCC(=O)NCC(=O)N/N=C/c1ccc(F)cc1. The molecule has 6 heteroatoms. The summed E-state index contributed by atoms with van der Waals surface area (Å²) in [5, 5.41) is 6.38. The van der Waals surface area contributed by atoms with Crippen LogP contribution in [0.15, 0.2) is 29.4 Å². The molecule has 1 rings (SSSR count). The summed E-state index contributed by atoms with van der Waals surface area (Å²) in [5.41, 5.74) is 3.01. The Morgan fingerprint density at radius 1 is 0.862 bits per heavy atom. The van der Waals surface area contributed by atoms with Gasteiger partial charge in [0, 0.05) is 6.42 Å². The Morgan fingerprint density at radius 3 is 2.00 bits per heavy atom. The number of hydrogen-bond acceptors (Lipinski definition) is 3. The van der Waals surface area contributed by atoms with Crippen LogP contribution in [0.5, 0.6) is 0 Å². The molecule has 0 saturated carbocycles. The van der Waals surface area contributed by atoms with E-state index in [1.54, 1.807) is 12.1 Å². The molecule has 0 saturated heterocycles. The molecule has 29 heavy (non-hydrogen) atoms. The summed E-state index contributed by atoms with van der Waals surface area (Å²) < 4.78 is 12.8. The zero-order valence-corrected chi connectivity index (χ0v) is 17.7. The van der Waals surface area contributed by atoms with Crippen LogP contribution in [0, 0.1) is 5.82 Å². The second-order valence-electron chi connectivity index (χ2n) is 7.41. The highest BCUT2D eigenvalue weighted by atomic mass is 19.1. The molecule has 0 aliphatic heterocycles. The van der Waals surface area contributed by atoms with Crippen molar-refractivity contribution in [3.05, 3.63) is 35.6 Å². The molecule has 0 aliphatic rings. The van der Waals surface area contributed by atoms with Crippen LogP contribution in [0.4, 0.5) is 4.39 Å². The van der Waals surface area contributed by atoms with Crippen LogP contribution < -0.4 is 10.7 Å². The highest BCUT2D eigenvalue weighted by Gasteiger charge is 2.04. The molecule has 2 amide bonds. The molecule has 2 N–H and O–H groups in total. The molecule has 0 bridgehead atoms. The van der Waals surface area contributed by atoms with E-state index in [2.05, 4.69) is 22.8 Å². The lowest BCUT2D eigenvalue weighted by molar-refractivity contribution is -0.126. The van der Waals surface area contributed by atoms with Crippen molar-refractivity contribution >= 4 is 18.0 Å². The van der Waals surface area contributed by atoms with Crippen LogP contribution >= 0.6 is 0 Å². The summed E-state index contributed by atoms with van der Waals surface area (Å²) in [6.45, 7) is 2.14. The third-order valence-electron chi connectivity index (χ3n) is 4.73. The van der Waals surface area contributed by atoms with Crippen molar-refractivity contribution in [2.45, 2.75) is 84.0 Å². The number of amides is 2. The highest BCUT2D eigenvalue weighted by molar-refractivity contribution is 5.86. The fourth-order valence-corrected chi connectivity index (χ4v) is 2.98. The van der Waals surface area contributed by atoms with Gasteiger partial charge >= 0.3 is 0 Å². The molecule has 0 unspecified atom stereocenters. The van der Waals surface area contributed by atoms with Crippen molar-refractivity contribution in [1.82, 2.24) is 10.7 Å². The molecule has 162 valence electrons. The maximum absolute atomic E-state index is 12.8. The lowest BCUT2D eigenvalue weighted by Crippen LogP contribution is -2.34. The maximum atomic E-state index is 12.8. The van der Waals surface area contributed by atoms with E-state index in [-0.39, 0.29) is 18.3 Å². The van der Waals surface area contributed by atoms with Crippen molar-refractivity contribution in [1.29, 1.82) is 0 Å². The lowest BCUT2D eigenvalue weighted by atomic mass is 10.1. The number of carbonyl (C=O) groups excluding carboxylic acids is 2. The second kappa shape index (κ2) is 16.7. The van der Waals surface area contributed by atoms with Gasteiger partial charge in [0.1, 0.15) is 5.82 Å². The number of benzene rings is 1. The van der Waals surface area contributed by atoms with Crippen LogP contribution in [0.25, 0.3) is 0 Å². The monoisotopic (exact) mass is 405 g/mol. The van der Waals surface area contributed by atoms with Crippen LogP contribution in [-0.4, -0.2) is 24.6 Å². The van der Waals surface area contributed by atoms with Crippen molar-refractivity contribution in [2.24, 2.45) is 5.10 Å². The first-order valence-electron chi connectivity index (χ1n) is 11.0. The Balaban J connectivity index is 1.95. The Hall–Kier alpha value is -2.24. The third kappa shape index (κ3) is 14.4. The van der Waals surface area contributed by atoms with Gasteiger partial charge in [0.25, 0.3) is 5.91 Å². The van der Waals surface area contributed by atoms with Gasteiger partial charge in [-0.2, -0.15) is 5.10 Å². The molecular weight excluding hydrogens is 369 g/mol. The fourth-order valence-electron chi connectivity index (χ4n) is 2.98. The van der Waals surface area contributed by atoms with E-state index in [0.717, 1.165) is 12.8 Å². The standard InChI is InChI=1S/C23H36FN3O2/c1-2-3-4-5-6-7-8-9-10-11-12-13-22(28)25-19-23(29)27-26-18-20-14-16-21(24)17-15-20/h14-18H,2-13,19H2,1H3,(H,25,28)(H,27,29)/b26-18+. The highest BCUT2D eigenvalue weighted by Crippen LogP contribution is 2.11.